The molecule has 1 fully saturated rings. The molecule has 3 nitrogen and oxygen atoms in total. The lowest BCUT2D eigenvalue weighted by molar-refractivity contribution is -0.136. The molecular weight excluding hydrogens is 288 g/mol. The first kappa shape index (κ1) is 17.8. The monoisotopic (exact) mass is 318 g/mol. The summed E-state index contributed by atoms with van der Waals surface area (Å²) in [6.45, 7) is 14.9. The molecule has 2 rings (SSSR count). The minimum absolute atomic E-state index is 0.0535. The van der Waals surface area contributed by atoms with Gasteiger partial charge >= 0.3 is 5.97 Å². The minimum atomic E-state index is -0.140. The van der Waals surface area contributed by atoms with Gasteiger partial charge in [-0.1, -0.05) is 48.5 Å². The lowest BCUT2D eigenvalue weighted by atomic mass is 9.79. The zero-order valence-electron chi connectivity index (χ0n) is 15.7. The number of ether oxygens (including phenoxy) is 2. The first-order valence-corrected chi connectivity index (χ1v) is 8.40. The van der Waals surface area contributed by atoms with Crippen LogP contribution >= 0.6 is 0 Å². The summed E-state index contributed by atoms with van der Waals surface area (Å²) in [4.78, 5) is 12.4. The van der Waals surface area contributed by atoms with Gasteiger partial charge in [-0.25, -0.2) is 0 Å². The predicted molar refractivity (Wildman–Crippen MR) is 93.3 cm³/mol. The number of carbonyl (C=O) groups is 1. The second-order valence-electron chi connectivity index (χ2n) is 8.79. The Kier molecular flexibility index (Phi) is 4.53. The summed E-state index contributed by atoms with van der Waals surface area (Å²) in [6.07, 6.45) is 0.935. The van der Waals surface area contributed by atoms with Crippen LogP contribution in [0, 0.1) is 11.8 Å². The number of esters is 1. The van der Waals surface area contributed by atoms with Crippen LogP contribution in [0.25, 0.3) is 0 Å². The molecule has 0 aromatic heterocycles. The van der Waals surface area contributed by atoms with E-state index in [2.05, 4.69) is 48.5 Å². The Balaban J connectivity index is 2.57. The summed E-state index contributed by atoms with van der Waals surface area (Å²) >= 11 is 0. The molecule has 2 atom stereocenters. The van der Waals surface area contributed by atoms with Crippen molar-refractivity contribution in [1.82, 2.24) is 0 Å². The van der Waals surface area contributed by atoms with Gasteiger partial charge in [0.15, 0.2) is 0 Å². The molecule has 0 aliphatic heterocycles. The van der Waals surface area contributed by atoms with E-state index in [1.165, 1.54) is 0 Å². The third kappa shape index (κ3) is 3.88. The van der Waals surface area contributed by atoms with Gasteiger partial charge in [0.05, 0.1) is 13.0 Å². The summed E-state index contributed by atoms with van der Waals surface area (Å²) in [5.74, 6) is 1.92. The number of methoxy groups -OCH3 is 1. The maximum Gasteiger partial charge on any atom is 0.314 e. The van der Waals surface area contributed by atoms with Crippen LogP contribution in [-0.2, 0) is 15.6 Å². The van der Waals surface area contributed by atoms with E-state index in [1.807, 2.05) is 12.1 Å². The molecule has 2 unspecified atom stereocenters. The van der Waals surface area contributed by atoms with Crippen molar-refractivity contribution < 1.29 is 14.3 Å². The van der Waals surface area contributed by atoms with E-state index in [9.17, 15) is 4.79 Å². The third-order valence-corrected chi connectivity index (χ3v) is 4.53. The molecule has 0 spiro atoms. The van der Waals surface area contributed by atoms with Gasteiger partial charge in [0.2, 0.25) is 0 Å². The van der Waals surface area contributed by atoms with Crippen molar-refractivity contribution in [2.24, 2.45) is 11.8 Å². The Hall–Kier alpha value is -1.51. The van der Waals surface area contributed by atoms with E-state index in [0.717, 1.165) is 29.0 Å². The van der Waals surface area contributed by atoms with Gasteiger partial charge in [0.1, 0.15) is 11.5 Å². The Morgan fingerprint density at radius 1 is 1.04 bits per heavy atom. The Labute approximate surface area is 140 Å². The standard InChI is InChI=1S/C20H30O3/c1-12-9-14(12)18(21)23-17-15(19(2,3)4)10-13(22-8)11-16(17)20(5,6)7/h10-12,14H,9H2,1-8H3. The first-order valence-electron chi connectivity index (χ1n) is 8.40. The smallest absolute Gasteiger partial charge is 0.314 e. The van der Waals surface area contributed by atoms with Crippen molar-refractivity contribution in [2.75, 3.05) is 7.11 Å². The molecule has 1 aromatic carbocycles. The van der Waals surface area contributed by atoms with Crippen LogP contribution in [0.5, 0.6) is 11.5 Å². The lowest BCUT2D eigenvalue weighted by Crippen LogP contribution is -2.23. The summed E-state index contributed by atoms with van der Waals surface area (Å²) in [7, 11) is 1.67. The van der Waals surface area contributed by atoms with Crippen LogP contribution in [0.1, 0.15) is 66.0 Å². The van der Waals surface area contributed by atoms with Crippen molar-refractivity contribution >= 4 is 5.97 Å². The van der Waals surface area contributed by atoms with Crippen LogP contribution < -0.4 is 9.47 Å². The number of benzene rings is 1. The maximum absolute atomic E-state index is 12.4. The van der Waals surface area contributed by atoms with Gasteiger partial charge in [-0.05, 0) is 35.3 Å². The molecule has 0 saturated heterocycles. The molecule has 128 valence electrons. The Morgan fingerprint density at radius 3 is 1.78 bits per heavy atom. The van der Waals surface area contributed by atoms with E-state index in [1.54, 1.807) is 7.11 Å². The van der Waals surface area contributed by atoms with Gasteiger partial charge in [-0.15, -0.1) is 0 Å². The summed E-state index contributed by atoms with van der Waals surface area (Å²) in [5.41, 5.74) is 1.75. The highest BCUT2D eigenvalue weighted by molar-refractivity contribution is 5.79. The average Bonchev–Trinajstić information content (AvgIpc) is 3.13. The van der Waals surface area contributed by atoms with Gasteiger partial charge in [0.25, 0.3) is 0 Å². The molecule has 23 heavy (non-hydrogen) atoms. The Bertz CT molecular complexity index is 567. The average molecular weight is 318 g/mol. The second kappa shape index (κ2) is 5.85. The zero-order valence-corrected chi connectivity index (χ0v) is 15.7. The fraction of sp³-hybridized carbons (Fsp3) is 0.650. The number of hydrogen-bond donors (Lipinski definition) is 0. The van der Waals surface area contributed by atoms with Crippen molar-refractivity contribution in [3.8, 4) is 11.5 Å². The quantitative estimate of drug-likeness (QED) is 0.590. The number of carbonyl (C=O) groups excluding carboxylic acids is 1. The topological polar surface area (TPSA) is 35.5 Å². The van der Waals surface area contributed by atoms with Crippen LogP contribution in [-0.4, -0.2) is 13.1 Å². The van der Waals surface area contributed by atoms with Gasteiger partial charge in [-0.3, -0.25) is 4.79 Å². The minimum Gasteiger partial charge on any atom is -0.497 e. The highest BCUT2D eigenvalue weighted by Gasteiger charge is 2.42. The predicted octanol–water partition coefficient (Wildman–Crippen LogP) is 4.85. The molecule has 0 heterocycles. The van der Waals surface area contributed by atoms with Crippen LogP contribution in [0.2, 0.25) is 0 Å². The van der Waals surface area contributed by atoms with Gasteiger partial charge < -0.3 is 9.47 Å². The summed E-state index contributed by atoms with van der Waals surface area (Å²) in [5, 5.41) is 0. The third-order valence-electron chi connectivity index (χ3n) is 4.53. The number of rotatable bonds is 3. The second-order valence-corrected chi connectivity index (χ2v) is 8.79. The molecular formula is C20H30O3. The highest BCUT2D eigenvalue weighted by Crippen LogP contribution is 2.45. The maximum atomic E-state index is 12.4. The number of hydrogen-bond acceptors (Lipinski definition) is 3. The molecule has 3 heteroatoms. The van der Waals surface area contributed by atoms with Crippen LogP contribution in [0.15, 0.2) is 12.1 Å². The van der Waals surface area contributed by atoms with Crippen molar-refractivity contribution in [2.45, 2.75) is 65.7 Å². The van der Waals surface area contributed by atoms with E-state index in [-0.39, 0.29) is 22.7 Å². The largest absolute Gasteiger partial charge is 0.497 e. The molecule has 0 bridgehead atoms. The van der Waals surface area contributed by atoms with Crippen molar-refractivity contribution in [1.29, 1.82) is 0 Å². The molecule has 0 radical (unpaired) electrons. The van der Waals surface area contributed by atoms with E-state index in [0.29, 0.717) is 5.92 Å². The van der Waals surface area contributed by atoms with E-state index in [4.69, 9.17) is 9.47 Å². The van der Waals surface area contributed by atoms with Crippen LogP contribution in [0.4, 0.5) is 0 Å². The summed E-state index contributed by atoms with van der Waals surface area (Å²) in [6, 6.07) is 3.99. The molecule has 1 aliphatic carbocycles. The van der Waals surface area contributed by atoms with E-state index < -0.39 is 0 Å². The fourth-order valence-electron chi connectivity index (χ4n) is 2.77. The first-order chi connectivity index (χ1) is 10.4. The molecule has 1 aliphatic rings. The van der Waals surface area contributed by atoms with Crippen molar-refractivity contribution in [3.05, 3.63) is 23.3 Å². The SMILES string of the molecule is COc1cc(C(C)(C)C)c(OC(=O)C2CC2C)c(C(C)(C)C)c1. The summed E-state index contributed by atoms with van der Waals surface area (Å²) < 4.78 is 11.4. The molecule has 1 saturated carbocycles. The van der Waals surface area contributed by atoms with Gasteiger partial charge in [-0.2, -0.15) is 0 Å². The Morgan fingerprint density at radius 2 is 1.48 bits per heavy atom. The lowest BCUT2D eigenvalue weighted by Gasteiger charge is -2.29. The molecule has 0 N–H and O–H groups in total. The fourth-order valence-corrected chi connectivity index (χ4v) is 2.77. The molecule has 0 amide bonds. The van der Waals surface area contributed by atoms with Crippen molar-refractivity contribution in [3.63, 3.8) is 0 Å². The molecule has 1 aromatic rings. The highest BCUT2D eigenvalue weighted by atomic mass is 16.5. The van der Waals surface area contributed by atoms with Crippen LogP contribution in [0.3, 0.4) is 0 Å². The zero-order chi connectivity index (χ0) is 17.6. The normalized spacial score (nSPS) is 21.0. The van der Waals surface area contributed by atoms with E-state index >= 15 is 0 Å². The van der Waals surface area contributed by atoms with Gasteiger partial charge in [0, 0.05) is 11.1 Å².